The van der Waals surface area contributed by atoms with Crippen LogP contribution in [0.4, 0.5) is 0 Å². The van der Waals surface area contributed by atoms with Crippen molar-refractivity contribution in [3.05, 3.63) is 16.1 Å². The highest BCUT2D eigenvalue weighted by Crippen LogP contribution is 2.27. The summed E-state index contributed by atoms with van der Waals surface area (Å²) in [5.41, 5.74) is 6.07. The lowest BCUT2D eigenvalue weighted by molar-refractivity contribution is 0.0667. The number of hydrogen-bond acceptors (Lipinski definition) is 4. The summed E-state index contributed by atoms with van der Waals surface area (Å²) >= 11 is 1.46. The van der Waals surface area contributed by atoms with Gasteiger partial charge in [0.05, 0.1) is 0 Å². The SMILES string of the molecule is CC1CCCC(N(C)C(=O)c2csc(CN)n2)C1.Cl. The minimum Gasteiger partial charge on any atom is -0.337 e. The van der Waals surface area contributed by atoms with Crippen molar-refractivity contribution in [3.63, 3.8) is 0 Å². The number of carbonyl (C=O) groups excluding carboxylic acids is 1. The summed E-state index contributed by atoms with van der Waals surface area (Å²) in [6.45, 7) is 2.67. The van der Waals surface area contributed by atoms with Crippen LogP contribution in [0.1, 0.15) is 48.1 Å². The second-order valence-corrected chi connectivity index (χ2v) is 6.11. The monoisotopic (exact) mass is 303 g/mol. The molecule has 108 valence electrons. The van der Waals surface area contributed by atoms with Crippen LogP contribution < -0.4 is 5.73 Å². The molecule has 0 spiro atoms. The van der Waals surface area contributed by atoms with Crippen LogP contribution in [0.2, 0.25) is 0 Å². The number of halogens is 1. The number of thiazole rings is 1. The first-order valence-electron chi connectivity index (χ1n) is 6.53. The van der Waals surface area contributed by atoms with Crippen molar-refractivity contribution in [1.82, 2.24) is 9.88 Å². The average Bonchev–Trinajstić information content (AvgIpc) is 2.85. The van der Waals surface area contributed by atoms with E-state index in [2.05, 4.69) is 11.9 Å². The Morgan fingerprint density at radius 1 is 1.58 bits per heavy atom. The molecule has 2 atom stereocenters. The van der Waals surface area contributed by atoms with Crippen molar-refractivity contribution in [2.24, 2.45) is 11.7 Å². The van der Waals surface area contributed by atoms with Gasteiger partial charge < -0.3 is 10.6 Å². The van der Waals surface area contributed by atoms with Crippen molar-refractivity contribution >= 4 is 29.7 Å². The second kappa shape index (κ2) is 7.22. The Kier molecular flexibility index (Phi) is 6.23. The summed E-state index contributed by atoms with van der Waals surface area (Å²) < 4.78 is 0. The molecule has 1 amide bonds. The number of amides is 1. The highest BCUT2D eigenvalue weighted by atomic mass is 35.5. The molecule has 1 aromatic rings. The number of aromatic nitrogens is 1. The molecule has 1 aliphatic carbocycles. The topological polar surface area (TPSA) is 59.2 Å². The molecule has 6 heteroatoms. The highest BCUT2D eigenvalue weighted by molar-refractivity contribution is 7.09. The third kappa shape index (κ3) is 3.91. The molecule has 0 bridgehead atoms. The smallest absolute Gasteiger partial charge is 0.273 e. The molecule has 1 aliphatic rings. The lowest BCUT2D eigenvalue weighted by atomic mass is 9.86. The van der Waals surface area contributed by atoms with Gasteiger partial charge in [0.15, 0.2) is 0 Å². The number of rotatable bonds is 3. The molecule has 1 fully saturated rings. The minimum atomic E-state index is 0. The Hall–Kier alpha value is -0.650. The van der Waals surface area contributed by atoms with E-state index in [0.29, 0.717) is 24.2 Å². The van der Waals surface area contributed by atoms with E-state index in [0.717, 1.165) is 17.8 Å². The van der Waals surface area contributed by atoms with Crippen molar-refractivity contribution in [2.75, 3.05) is 7.05 Å². The lowest BCUT2D eigenvalue weighted by Crippen LogP contribution is -2.40. The van der Waals surface area contributed by atoms with Crippen molar-refractivity contribution in [3.8, 4) is 0 Å². The number of nitrogens with two attached hydrogens (primary N) is 1. The van der Waals surface area contributed by atoms with Gasteiger partial charge in [-0.05, 0) is 18.8 Å². The minimum absolute atomic E-state index is 0. The van der Waals surface area contributed by atoms with Gasteiger partial charge in [-0.3, -0.25) is 4.79 Å². The van der Waals surface area contributed by atoms with Crippen LogP contribution in [0.3, 0.4) is 0 Å². The Morgan fingerprint density at radius 2 is 2.32 bits per heavy atom. The zero-order valence-corrected chi connectivity index (χ0v) is 13.1. The van der Waals surface area contributed by atoms with Gasteiger partial charge in [-0.25, -0.2) is 4.98 Å². The third-order valence-corrected chi connectivity index (χ3v) is 4.59. The van der Waals surface area contributed by atoms with E-state index in [4.69, 9.17) is 5.73 Å². The van der Waals surface area contributed by atoms with E-state index in [1.54, 1.807) is 0 Å². The quantitative estimate of drug-likeness (QED) is 0.934. The van der Waals surface area contributed by atoms with Crippen LogP contribution in [-0.2, 0) is 6.54 Å². The van der Waals surface area contributed by atoms with Gasteiger partial charge in [-0.15, -0.1) is 23.7 Å². The molecule has 2 N–H and O–H groups in total. The van der Waals surface area contributed by atoms with Gasteiger partial charge in [0.2, 0.25) is 0 Å². The first kappa shape index (κ1) is 16.4. The van der Waals surface area contributed by atoms with Crippen LogP contribution in [0, 0.1) is 5.92 Å². The summed E-state index contributed by atoms with van der Waals surface area (Å²) in [7, 11) is 1.90. The second-order valence-electron chi connectivity index (χ2n) is 5.17. The van der Waals surface area contributed by atoms with Gasteiger partial charge in [-0.2, -0.15) is 0 Å². The van der Waals surface area contributed by atoms with Crippen molar-refractivity contribution < 1.29 is 4.79 Å². The molecule has 0 radical (unpaired) electrons. The first-order chi connectivity index (χ1) is 8.61. The van der Waals surface area contributed by atoms with E-state index in [1.807, 2.05) is 17.3 Å². The molecule has 1 aromatic heterocycles. The predicted molar refractivity (Wildman–Crippen MR) is 80.8 cm³/mol. The molecule has 0 aliphatic heterocycles. The normalized spacial score (nSPS) is 22.7. The van der Waals surface area contributed by atoms with Gasteiger partial charge in [-0.1, -0.05) is 19.8 Å². The maximum atomic E-state index is 12.3. The molecule has 4 nitrogen and oxygen atoms in total. The maximum absolute atomic E-state index is 12.3. The predicted octanol–water partition coefficient (Wildman–Crippen LogP) is 2.67. The zero-order valence-electron chi connectivity index (χ0n) is 11.5. The molecule has 2 unspecified atom stereocenters. The Labute approximate surface area is 124 Å². The lowest BCUT2D eigenvalue weighted by Gasteiger charge is -2.33. The molecular formula is C13H22ClN3OS. The number of hydrogen-bond donors (Lipinski definition) is 1. The van der Waals surface area contributed by atoms with E-state index in [9.17, 15) is 4.79 Å². The fourth-order valence-electron chi connectivity index (χ4n) is 2.60. The zero-order chi connectivity index (χ0) is 13.1. The van der Waals surface area contributed by atoms with Gasteiger partial charge in [0.25, 0.3) is 5.91 Å². The summed E-state index contributed by atoms with van der Waals surface area (Å²) in [5, 5.41) is 2.64. The summed E-state index contributed by atoms with van der Waals surface area (Å²) in [6, 6.07) is 0.365. The maximum Gasteiger partial charge on any atom is 0.273 e. The summed E-state index contributed by atoms with van der Waals surface area (Å²) in [4.78, 5) is 18.4. The standard InChI is InChI=1S/C13H21N3OS.ClH/c1-9-4-3-5-10(6-9)16(2)13(17)11-8-18-12(7-14)15-11;/h8-10H,3-7,14H2,1-2H3;1H. The highest BCUT2D eigenvalue weighted by Gasteiger charge is 2.26. The number of carbonyl (C=O) groups is 1. The Bertz CT molecular complexity index is 424. The van der Waals surface area contributed by atoms with Crippen LogP contribution in [0.15, 0.2) is 5.38 Å². The van der Waals surface area contributed by atoms with Crippen molar-refractivity contribution in [1.29, 1.82) is 0 Å². The van der Waals surface area contributed by atoms with E-state index >= 15 is 0 Å². The van der Waals surface area contributed by atoms with Crippen LogP contribution >= 0.6 is 23.7 Å². The fraction of sp³-hybridized carbons (Fsp3) is 0.692. The van der Waals surface area contributed by atoms with Crippen LogP contribution in [-0.4, -0.2) is 28.9 Å². The third-order valence-electron chi connectivity index (χ3n) is 3.72. The van der Waals surface area contributed by atoms with Gasteiger partial charge in [0, 0.05) is 25.0 Å². The van der Waals surface area contributed by atoms with Crippen molar-refractivity contribution in [2.45, 2.75) is 45.2 Å². The molecule has 0 aromatic carbocycles. The Balaban J connectivity index is 0.00000180. The molecule has 2 rings (SSSR count). The first-order valence-corrected chi connectivity index (χ1v) is 7.41. The fourth-order valence-corrected chi connectivity index (χ4v) is 3.25. The summed E-state index contributed by atoms with van der Waals surface area (Å²) in [6.07, 6.45) is 4.72. The molecule has 0 saturated heterocycles. The van der Waals surface area contributed by atoms with Gasteiger partial charge >= 0.3 is 0 Å². The number of nitrogens with zero attached hydrogens (tertiary/aromatic N) is 2. The molecule has 1 heterocycles. The van der Waals surface area contributed by atoms with E-state index < -0.39 is 0 Å². The van der Waals surface area contributed by atoms with Crippen LogP contribution in [0.25, 0.3) is 0 Å². The molecule has 19 heavy (non-hydrogen) atoms. The molecular weight excluding hydrogens is 282 g/mol. The average molecular weight is 304 g/mol. The van der Waals surface area contributed by atoms with Crippen LogP contribution in [0.5, 0.6) is 0 Å². The van der Waals surface area contributed by atoms with E-state index in [-0.39, 0.29) is 18.3 Å². The van der Waals surface area contributed by atoms with E-state index in [1.165, 1.54) is 24.2 Å². The van der Waals surface area contributed by atoms with Gasteiger partial charge in [0.1, 0.15) is 10.7 Å². The Morgan fingerprint density at radius 3 is 2.89 bits per heavy atom. The largest absolute Gasteiger partial charge is 0.337 e. The molecule has 1 saturated carbocycles. The summed E-state index contributed by atoms with van der Waals surface area (Å²) in [5.74, 6) is 0.749.